The lowest BCUT2D eigenvalue weighted by molar-refractivity contribution is 0.102. The molecule has 6 nitrogen and oxygen atoms in total. The minimum Gasteiger partial charge on any atom is -0.455 e. The lowest BCUT2D eigenvalue weighted by Gasteiger charge is -2.12. The number of benzene rings is 3. The fourth-order valence-electron chi connectivity index (χ4n) is 3.51. The van der Waals surface area contributed by atoms with Crippen LogP contribution in [0.5, 0.6) is 0 Å². The molecule has 0 fully saturated rings. The molecule has 1 amide bonds. The highest BCUT2D eigenvalue weighted by Gasteiger charge is 2.19. The van der Waals surface area contributed by atoms with Gasteiger partial charge in [-0.1, -0.05) is 42.5 Å². The van der Waals surface area contributed by atoms with Crippen LogP contribution in [0, 0.1) is 13.8 Å². The maximum atomic E-state index is 13.2. The molecule has 1 aromatic heterocycles. The molecule has 0 radical (unpaired) electrons. The quantitative estimate of drug-likeness (QED) is 0.488. The van der Waals surface area contributed by atoms with Gasteiger partial charge in [0, 0.05) is 23.1 Å². The molecule has 162 valence electrons. The van der Waals surface area contributed by atoms with E-state index in [4.69, 9.17) is 4.42 Å². The van der Waals surface area contributed by atoms with Crippen LogP contribution in [0.4, 0.5) is 5.69 Å². The van der Waals surface area contributed by atoms with Crippen molar-refractivity contribution in [2.45, 2.75) is 18.7 Å². The second-order valence-electron chi connectivity index (χ2n) is 7.64. The van der Waals surface area contributed by atoms with Crippen molar-refractivity contribution in [3.05, 3.63) is 93.6 Å². The van der Waals surface area contributed by atoms with Crippen molar-refractivity contribution in [1.82, 2.24) is 0 Å². The van der Waals surface area contributed by atoms with Gasteiger partial charge in [0.15, 0.2) is 20.8 Å². The van der Waals surface area contributed by atoms with Gasteiger partial charge in [-0.25, -0.2) is 8.42 Å². The first-order valence-electron chi connectivity index (χ1n) is 9.90. The van der Waals surface area contributed by atoms with Crippen LogP contribution in [0.3, 0.4) is 0 Å². The van der Waals surface area contributed by atoms with E-state index in [-0.39, 0.29) is 21.5 Å². The number of hydrogen-bond donors (Lipinski definition) is 1. The summed E-state index contributed by atoms with van der Waals surface area (Å²) in [5, 5.41) is 3.06. The summed E-state index contributed by atoms with van der Waals surface area (Å²) in [4.78, 5) is 26.3. The predicted octanol–water partition coefficient (Wildman–Crippen LogP) is 4.73. The molecule has 1 heterocycles. The largest absolute Gasteiger partial charge is 0.455 e. The second-order valence-corrected chi connectivity index (χ2v) is 9.65. The molecule has 32 heavy (non-hydrogen) atoms. The van der Waals surface area contributed by atoms with Crippen LogP contribution in [0.25, 0.3) is 22.3 Å². The van der Waals surface area contributed by atoms with Gasteiger partial charge >= 0.3 is 0 Å². The van der Waals surface area contributed by atoms with Crippen LogP contribution in [0.15, 0.2) is 80.8 Å². The number of rotatable bonds is 4. The molecule has 3 aromatic carbocycles. The third-order valence-electron chi connectivity index (χ3n) is 5.31. The van der Waals surface area contributed by atoms with Crippen molar-refractivity contribution < 1.29 is 17.6 Å². The average molecular weight is 448 g/mol. The number of aryl methyl sites for hydroxylation is 1. The van der Waals surface area contributed by atoms with Crippen molar-refractivity contribution in [3.63, 3.8) is 0 Å². The molecule has 0 aliphatic heterocycles. The summed E-state index contributed by atoms with van der Waals surface area (Å²) in [5.74, 6) is -0.103. The molecule has 0 bridgehead atoms. The molecule has 0 aliphatic rings. The van der Waals surface area contributed by atoms with Crippen LogP contribution >= 0.6 is 0 Å². The fraction of sp³-hybridized carbons (Fsp3) is 0.120. The van der Waals surface area contributed by atoms with E-state index in [0.717, 1.165) is 11.8 Å². The molecular weight excluding hydrogens is 426 g/mol. The lowest BCUT2D eigenvalue weighted by Crippen LogP contribution is -2.16. The standard InChI is InChI=1S/C25H21NO5S/c1-15-12-13-18(32(3,29)30)14-21(15)26-25(28)20-11-7-10-19-22(27)16(2)23(31-24(19)20)17-8-5-4-6-9-17/h4-14H,1-3H3,(H,26,28). The topological polar surface area (TPSA) is 93.5 Å². The Morgan fingerprint density at radius 1 is 0.938 bits per heavy atom. The number of fused-ring (bicyclic) bond motifs is 1. The first kappa shape index (κ1) is 21.5. The molecule has 0 spiro atoms. The molecule has 0 aliphatic carbocycles. The molecule has 7 heteroatoms. The number of para-hydroxylation sites is 1. The Morgan fingerprint density at radius 2 is 1.66 bits per heavy atom. The summed E-state index contributed by atoms with van der Waals surface area (Å²) in [7, 11) is -3.43. The fourth-order valence-corrected chi connectivity index (χ4v) is 4.16. The van der Waals surface area contributed by atoms with Gasteiger partial charge in [-0.15, -0.1) is 0 Å². The van der Waals surface area contributed by atoms with E-state index in [2.05, 4.69) is 5.32 Å². The van der Waals surface area contributed by atoms with Crippen LogP contribution in [-0.4, -0.2) is 20.6 Å². The van der Waals surface area contributed by atoms with Crippen LogP contribution < -0.4 is 10.7 Å². The predicted molar refractivity (Wildman–Crippen MR) is 125 cm³/mol. The van der Waals surface area contributed by atoms with Gasteiger partial charge in [-0.05, 0) is 43.7 Å². The van der Waals surface area contributed by atoms with E-state index in [1.807, 2.05) is 30.3 Å². The molecular formula is C25H21NO5S. The molecule has 0 atom stereocenters. The van der Waals surface area contributed by atoms with Crippen molar-refractivity contribution in [2.24, 2.45) is 0 Å². The smallest absolute Gasteiger partial charge is 0.259 e. The molecule has 4 rings (SSSR count). The Morgan fingerprint density at radius 3 is 2.34 bits per heavy atom. The van der Waals surface area contributed by atoms with Crippen molar-refractivity contribution in [1.29, 1.82) is 0 Å². The highest BCUT2D eigenvalue weighted by atomic mass is 32.2. The zero-order valence-electron chi connectivity index (χ0n) is 17.8. The van der Waals surface area contributed by atoms with Crippen molar-refractivity contribution >= 4 is 32.4 Å². The summed E-state index contributed by atoms with van der Waals surface area (Å²) >= 11 is 0. The Hall–Kier alpha value is -3.71. The van der Waals surface area contributed by atoms with E-state index in [9.17, 15) is 18.0 Å². The summed E-state index contributed by atoms with van der Waals surface area (Å²) in [6.45, 7) is 3.46. The summed E-state index contributed by atoms with van der Waals surface area (Å²) in [6, 6.07) is 18.6. The van der Waals surface area contributed by atoms with Gasteiger partial charge in [-0.2, -0.15) is 0 Å². The zero-order chi connectivity index (χ0) is 23.0. The minimum absolute atomic E-state index is 0.102. The third kappa shape index (κ3) is 3.94. The van der Waals surface area contributed by atoms with E-state index in [1.165, 1.54) is 12.1 Å². The maximum Gasteiger partial charge on any atom is 0.259 e. The lowest BCUT2D eigenvalue weighted by atomic mass is 10.0. The molecule has 0 saturated heterocycles. The van der Waals surface area contributed by atoms with Crippen molar-refractivity contribution in [2.75, 3.05) is 11.6 Å². The Balaban J connectivity index is 1.84. The number of nitrogens with one attached hydrogen (secondary N) is 1. The summed E-state index contributed by atoms with van der Waals surface area (Å²) in [6.07, 6.45) is 1.11. The van der Waals surface area contributed by atoms with Gasteiger partial charge in [-0.3, -0.25) is 9.59 Å². The normalized spacial score (nSPS) is 11.5. The van der Waals surface area contributed by atoms with Gasteiger partial charge in [0.2, 0.25) is 0 Å². The molecule has 0 saturated carbocycles. The van der Waals surface area contributed by atoms with E-state index in [1.54, 1.807) is 38.1 Å². The van der Waals surface area contributed by atoms with E-state index >= 15 is 0 Å². The van der Waals surface area contributed by atoms with Crippen LogP contribution in [-0.2, 0) is 9.84 Å². The number of hydrogen-bond acceptors (Lipinski definition) is 5. The number of carbonyl (C=O) groups excluding carboxylic acids is 1. The summed E-state index contributed by atoms with van der Waals surface area (Å²) < 4.78 is 29.9. The number of anilines is 1. The Kier molecular flexibility index (Phi) is 5.44. The van der Waals surface area contributed by atoms with Gasteiger partial charge in [0.05, 0.1) is 15.8 Å². The van der Waals surface area contributed by atoms with Crippen LogP contribution in [0.1, 0.15) is 21.5 Å². The number of carbonyl (C=O) groups is 1. The highest BCUT2D eigenvalue weighted by Crippen LogP contribution is 2.28. The second kappa shape index (κ2) is 8.09. The number of sulfone groups is 1. The first-order chi connectivity index (χ1) is 15.2. The van der Waals surface area contributed by atoms with Gasteiger partial charge in [0.1, 0.15) is 5.76 Å². The Bertz CT molecular complexity index is 1520. The van der Waals surface area contributed by atoms with E-state index in [0.29, 0.717) is 28.0 Å². The minimum atomic E-state index is -3.43. The molecule has 0 unspecified atom stereocenters. The number of amides is 1. The third-order valence-corrected chi connectivity index (χ3v) is 6.42. The first-order valence-corrected chi connectivity index (χ1v) is 11.8. The monoisotopic (exact) mass is 447 g/mol. The van der Waals surface area contributed by atoms with Gasteiger partial charge in [0.25, 0.3) is 5.91 Å². The molecule has 4 aromatic rings. The highest BCUT2D eigenvalue weighted by molar-refractivity contribution is 7.90. The van der Waals surface area contributed by atoms with Gasteiger partial charge < -0.3 is 9.73 Å². The van der Waals surface area contributed by atoms with Crippen molar-refractivity contribution in [3.8, 4) is 11.3 Å². The average Bonchev–Trinajstić information content (AvgIpc) is 2.77. The van der Waals surface area contributed by atoms with E-state index < -0.39 is 15.7 Å². The summed E-state index contributed by atoms with van der Waals surface area (Å²) in [5.41, 5.74) is 2.40. The SMILES string of the molecule is Cc1ccc(S(C)(=O)=O)cc1NC(=O)c1cccc2c(=O)c(C)c(-c3ccccc3)oc12. The van der Waals surface area contributed by atoms with Crippen LogP contribution in [0.2, 0.25) is 0 Å². The zero-order valence-corrected chi connectivity index (χ0v) is 18.6. The molecule has 1 N–H and O–H groups in total. The Labute approximate surface area is 185 Å². The maximum absolute atomic E-state index is 13.2.